The quantitative estimate of drug-likeness (QED) is 0.588. The van der Waals surface area contributed by atoms with Crippen LogP contribution in [0.5, 0.6) is 5.75 Å². The molecule has 1 aromatic heterocycles. The summed E-state index contributed by atoms with van der Waals surface area (Å²) in [5.74, 6) is 0.320. The number of aromatic hydroxyl groups is 1. The van der Waals surface area contributed by atoms with Crippen LogP contribution in [0.15, 0.2) is 24.4 Å². The molecule has 2 aromatic rings. The number of aromatic amines is 1. The highest BCUT2D eigenvalue weighted by atomic mass is 16.3. The molecule has 0 spiro atoms. The SMILES string of the molecule is Cc1[nH]cc2ccc(O)cc12. The Morgan fingerprint density at radius 3 is 3.00 bits per heavy atom. The van der Waals surface area contributed by atoms with Crippen LogP contribution in [0.2, 0.25) is 0 Å². The van der Waals surface area contributed by atoms with E-state index in [1.165, 1.54) is 0 Å². The molecule has 0 bridgehead atoms. The van der Waals surface area contributed by atoms with Crippen molar-refractivity contribution in [2.45, 2.75) is 6.92 Å². The molecule has 0 aliphatic rings. The number of rotatable bonds is 0. The molecule has 0 amide bonds. The number of hydrogen-bond acceptors (Lipinski definition) is 1. The summed E-state index contributed by atoms with van der Waals surface area (Å²) in [5, 5.41) is 11.4. The number of phenolic OH excluding ortho intramolecular Hbond substituents is 1. The van der Waals surface area contributed by atoms with E-state index in [2.05, 4.69) is 4.98 Å². The lowest BCUT2D eigenvalue weighted by Gasteiger charge is -1.92. The summed E-state index contributed by atoms with van der Waals surface area (Å²) >= 11 is 0. The second-order valence-electron chi connectivity index (χ2n) is 2.69. The Bertz CT molecular complexity index is 389. The first-order valence-electron chi connectivity index (χ1n) is 3.54. The Hall–Kier alpha value is -1.44. The van der Waals surface area contributed by atoms with Gasteiger partial charge in [-0.1, -0.05) is 0 Å². The van der Waals surface area contributed by atoms with Crippen molar-refractivity contribution in [3.63, 3.8) is 0 Å². The fraction of sp³-hybridized carbons (Fsp3) is 0.111. The zero-order valence-electron chi connectivity index (χ0n) is 6.26. The molecule has 56 valence electrons. The predicted molar refractivity (Wildman–Crippen MR) is 44.7 cm³/mol. The summed E-state index contributed by atoms with van der Waals surface area (Å²) in [4.78, 5) is 3.09. The van der Waals surface area contributed by atoms with E-state index in [0.717, 1.165) is 16.5 Å². The van der Waals surface area contributed by atoms with E-state index in [-0.39, 0.29) is 0 Å². The molecule has 0 radical (unpaired) electrons. The van der Waals surface area contributed by atoms with Crippen LogP contribution in [0, 0.1) is 6.92 Å². The van der Waals surface area contributed by atoms with Crippen molar-refractivity contribution in [1.82, 2.24) is 4.98 Å². The van der Waals surface area contributed by atoms with Crippen molar-refractivity contribution in [2.24, 2.45) is 0 Å². The van der Waals surface area contributed by atoms with Crippen molar-refractivity contribution in [3.05, 3.63) is 30.1 Å². The first-order valence-corrected chi connectivity index (χ1v) is 3.54. The molecule has 0 saturated heterocycles. The normalized spacial score (nSPS) is 10.6. The molecular weight excluding hydrogens is 138 g/mol. The lowest BCUT2D eigenvalue weighted by molar-refractivity contribution is 0.476. The van der Waals surface area contributed by atoms with Crippen LogP contribution >= 0.6 is 0 Å². The van der Waals surface area contributed by atoms with Gasteiger partial charge in [0.1, 0.15) is 5.75 Å². The Labute approximate surface area is 64.5 Å². The number of hydrogen-bond donors (Lipinski definition) is 2. The monoisotopic (exact) mass is 147 g/mol. The van der Waals surface area contributed by atoms with Crippen LogP contribution < -0.4 is 0 Å². The minimum Gasteiger partial charge on any atom is -0.508 e. The highest BCUT2D eigenvalue weighted by Gasteiger charge is 1.98. The number of benzene rings is 1. The minimum atomic E-state index is 0.320. The molecule has 0 saturated carbocycles. The van der Waals surface area contributed by atoms with Gasteiger partial charge in [-0.2, -0.15) is 0 Å². The summed E-state index contributed by atoms with van der Waals surface area (Å²) in [6, 6.07) is 5.35. The Balaban J connectivity index is 2.87. The van der Waals surface area contributed by atoms with Crippen molar-refractivity contribution >= 4 is 10.8 Å². The number of fused-ring (bicyclic) bond motifs is 1. The Morgan fingerprint density at radius 2 is 2.18 bits per heavy atom. The van der Waals surface area contributed by atoms with E-state index in [1.807, 2.05) is 19.2 Å². The molecule has 1 aromatic carbocycles. The first kappa shape index (κ1) is 6.28. The van der Waals surface area contributed by atoms with Crippen LogP contribution in [0.25, 0.3) is 10.8 Å². The first-order chi connectivity index (χ1) is 5.27. The summed E-state index contributed by atoms with van der Waals surface area (Å²) in [7, 11) is 0. The highest BCUT2D eigenvalue weighted by molar-refractivity contribution is 5.86. The van der Waals surface area contributed by atoms with E-state index >= 15 is 0 Å². The van der Waals surface area contributed by atoms with Gasteiger partial charge in [0.05, 0.1) is 0 Å². The van der Waals surface area contributed by atoms with Gasteiger partial charge in [-0.3, -0.25) is 0 Å². The van der Waals surface area contributed by atoms with Crippen molar-refractivity contribution in [2.75, 3.05) is 0 Å². The summed E-state index contributed by atoms with van der Waals surface area (Å²) in [5.41, 5.74) is 1.09. The van der Waals surface area contributed by atoms with E-state index in [0.29, 0.717) is 5.75 Å². The summed E-state index contributed by atoms with van der Waals surface area (Å²) < 4.78 is 0. The van der Waals surface area contributed by atoms with Crippen LogP contribution in [0.3, 0.4) is 0 Å². The standard InChI is InChI=1S/C9H9NO/c1-6-9-4-8(11)3-2-7(9)5-10-6/h2-5,10-11H,1H3. The maximum atomic E-state index is 9.16. The number of aryl methyl sites for hydroxylation is 1. The Morgan fingerprint density at radius 1 is 1.36 bits per heavy atom. The molecule has 2 N–H and O–H groups in total. The van der Waals surface area contributed by atoms with Crippen LogP contribution in [-0.4, -0.2) is 10.1 Å². The number of aromatic nitrogens is 1. The molecule has 2 nitrogen and oxygen atoms in total. The van der Waals surface area contributed by atoms with E-state index in [1.54, 1.807) is 12.1 Å². The van der Waals surface area contributed by atoms with E-state index < -0.39 is 0 Å². The smallest absolute Gasteiger partial charge is 0.116 e. The maximum Gasteiger partial charge on any atom is 0.116 e. The number of H-pyrrole nitrogens is 1. The lowest BCUT2D eigenvalue weighted by Crippen LogP contribution is -1.69. The average molecular weight is 147 g/mol. The Kier molecular flexibility index (Phi) is 1.15. The molecule has 0 atom stereocenters. The number of phenols is 1. The topological polar surface area (TPSA) is 36.0 Å². The lowest BCUT2D eigenvalue weighted by atomic mass is 10.2. The van der Waals surface area contributed by atoms with Gasteiger partial charge in [-0.15, -0.1) is 0 Å². The number of nitrogens with one attached hydrogen (secondary N) is 1. The van der Waals surface area contributed by atoms with Gasteiger partial charge in [0, 0.05) is 17.3 Å². The largest absolute Gasteiger partial charge is 0.508 e. The maximum absolute atomic E-state index is 9.16. The zero-order chi connectivity index (χ0) is 7.84. The fourth-order valence-electron chi connectivity index (χ4n) is 1.26. The van der Waals surface area contributed by atoms with Gasteiger partial charge in [-0.25, -0.2) is 0 Å². The van der Waals surface area contributed by atoms with Gasteiger partial charge in [0.2, 0.25) is 0 Å². The van der Waals surface area contributed by atoms with Gasteiger partial charge in [0.15, 0.2) is 0 Å². The highest BCUT2D eigenvalue weighted by Crippen LogP contribution is 2.21. The molecule has 0 unspecified atom stereocenters. The van der Waals surface area contributed by atoms with E-state index in [4.69, 9.17) is 5.11 Å². The van der Waals surface area contributed by atoms with Crippen LogP contribution in [0.1, 0.15) is 5.69 Å². The molecule has 0 aliphatic carbocycles. The van der Waals surface area contributed by atoms with Crippen molar-refractivity contribution in [3.8, 4) is 5.75 Å². The third-order valence-electron chi connectivity index (χ3n) is 1.89. The second-order valence-corrected chi connectivity index (χ2v) is 2.69. The van der Waals surface area contributed by atoms with Gasteiger partial charge < -0.3 is 10.1 Å². The molecule has 2 rings (SSSR count). The summed E-state index contributed by atoms with van der Waals surface area (Å²) in [6.07, 6.45) is 1.93. The average Bonchev–Trinajstić information content (AvgIpc) is 2.33. The molecule has 0 fully saturated rings. The predicted octanol–water partition coefficient (Wildman–Crippen LogP) is 2.18. The van der Waals surface area contributed by atoms with Gasteiger partial charge in [-0.05, 0) is 30.5 Å². The molecule has 0 aliphatic heterocycles. The molecule has 1 heterocycles. The molecule has 2 heteroatoms. The van der Waals surface area contributed by atoms with Crippen molar-refractivity contribution < 1.29 is 5.11 Å². The van der Waals surface area contributed by atoms with Crippen LogP contribution in [-0.2, 0) is 0 Å². The van der Waals surface area contributed by atoms with Crippen molar-refractivity contribution in [1.29, 1.82) is 0 Å². The molecule has 11 heavy (non-hydrogen) atoms. The third kappa shape index (κ3) is 0.871. The van der Waals surface area contributed by atoms with E-state index in [9.17, 15) is 0 Å². The molecular formula is C9H9NO. The minimum absolute atomic E-state index is 0.320. The fourth-order valence-corrected chi connectivity index (χ4v) is 1.26. The zero-order valence-corrected chi connectivity index (χ0v) is 6.26. The summed E-state index contributed by atoms with van der Waals surface area (Å²) in [6.45, 7) is 1.99. The van der Waals surface area contributed by atoms with Crippen LogP contribution in [0.4, 0.5) is 0 Å². The third-order valence-corrected chi connectivity index (χ3v) is 1.89. The van der Waals surface area contributed by atoms with Gasteiger partial charge >= 0.3 is 0 Å². The van der Waals surface area contributed by atoms with Gasteiger partial charge in [0.25, 0.3) is 0 Å². The second kappa shape index (κ2) is 2.02.